The molecule has 12 heteroatoms. The fourth-order valence-corrected chi connectivity index (χ4v) is 7.52. The molecule has 3 aliphatic rings. The van der Waals surface area contributed by atoms with Gasteiger partial charge in [0, 0.05) is 12.8 Å². The van der Waals surface area contributed by atoms with E-state index in [2.05, 4.69) is 36.6 Å². The average molecular weight is 566 g/mol. The number of allylic oxidation sites excluding steroid dienone is 1. The summed E-state index contributed by atoms with van der Waals surface area (Å²) in [5.41, 5.74) is 0.494. The van der Waals surface area contributed by atoms with Crippen LogP contribution in [0.25, 0.3) is 0 Å². The van der Waals surface area contributed by atoms with E-state index >= 15 is 0 Å². The Kier molecular flexibility index (Phi) is 7.52. The molecule has 1 saturated carbocycles. The molecule has 2 aliphatic carbocycles. The number of ether oxygens (including phenoxy) is 1. The maximum atomic E-state index is 13.7. The van der Waals surface area contributed by atoms with Crippen molar-refractivity contribution in [3.05, 3.63) is 35.9 Å². The summed E-state index contributed by atoms with van der Waals surface area (Å²) in [4.78, 5) is 28.0. The van der Waals surface area contributed by atoms with Crippen molar-refractivity contribution in [2.75, 3.05) is 25.2 Å². The van der Waals surface area contributed by atoms with Gasteiger partial charge in [0.1, 0.15) is 10.7 Å². The van der Waals surface area contributed by atoms with Crippen LogP contribution in [0.4, 0.5) is 5.69 Å². The zero-order valence-electron chi connectivity index (χ0n) is 22.3. The molecule has 10 nitrogen and oxygen atoms in total. The van der Waals surface area contributed by atoms with Crippen molar-refractivity contribution in [2.45, 2.75) is 56.7 Å². The van der Waals surface area contributed by atoms with E-state index in [9.17, 15) is 26.4 Å². The number of rotatable bonds is 8. The molecule has 1 heterocycles. The minimum absolute atomic E-state index is 0.000850. The number of sulfone groups is 1. The molecule has 0 radical (unpaired) electrons. The number of amidine groups is 1. The van der Waals surface area contributed by atoms with Gasteiger partial charge in [-0.1, -0.05) is 39.0 Å². The number of hydrogen-bond acceptors (Lipinski definition) is 8. The topological polar surface area (TPSA) is 139 Å². The number of sulfonamides is 1. The number of carbonyl (C=O) groups is 2. The van der Waals surface area contributed by atoms with Gasteiger partial charge in [0.15, 0.2) is 9.84 Å². The normalized spacial score (nSPS) is 25.3. The molecule has 1 N–H and O–H groups in total. The van der Waals surface area contributed by atoms with Crippen molar-refractivity contribution in [1.82, 2.24) is 4.90 Å². The summed E-state index contributed by atoms with van der Waals surface area (Å²) >= 11 is 0. The highest BCUT2D eigenvalue weighted by molar-refractivity contribution is 7.90. The van der Waals surface area contributed by atoms with Crippen molar-refractivity contribution in [3.8, 4) is 0 Å². The number of nitrogens with zero attached hydrogens (tertiary/aromatic N) is 2. The highest BCUT2D eigenvalue weighted by atomic mass is 32.2. The van der Waals surface area contributed by atoms with Gasteiger partial charge in [-0.15, -0.1) is 4.40 Å². The van der Waals surface area contributed by atoms with E-state index in [0.29, 0.717) is 18.5 Å². The first-order chi connectivity index (χ1) is 17.6. The highest BCUT2D eigenvalue weighted by Crippen LogP contribution is 2.47. The van der Waals surface area contributed by atoms with E-state index in [4.69, 9.17) is 4.74 Å². The predicted molar refractivity (Wildman–Crippen MR) is 144 cm³/mol. The molecule has 0 saturated heterocycles. The van der Waals surface area contributed by atoms with Crippen molar-refractivity contribution < 1.29 is 31.2 Å². The van der Waals surface area contributed by atoms with Crippen molar-refractivity contribution in [1.29, 1.82) is 0 Å². The first-order valence-electron chi connectivity index (χ1n) is 12.5. The van der Waals surface area contributed by atoms with Crippen molar-refractivity contribution in [3.63, 3.8) is 0 Å². The second kappa shape index (κ2) is 10.1. The number of carbonyl (C=O) groups excluding carboxylic acids is 2. The van der Waals surface area contributed by atoms with E-state index in [0.717, 1.165) is 12.7 Å². The van der Waals surface area contributed by atoms with Crippen LogP contribution >= 0.6 is 0 Å². The van der Waals surface area contributed by atoms with Crippen LogP contribution in [0.2, 0.25) is 0 Å². The fourth-order valence-electron chi connectivity index (χ4n) is 5.54. The van der Waals surface area contributed by atoms with Crippen LogP contribution in [-0.2, 0) is 39.9 Å². The van der Waals surface area contributed by atoms with Gasteiger partial charge < -0.3 is 15.0 Å². The van der Waals surface area contributed by atoms with Gasteiger partial charge in [0.2, 0.25) is 5.91 Å². The van der Waals surface area contributed by atoms with Crippen molar-refractivity contribution in [2.24, 2.45) is 27.6 Å². The van der Waals surface area contributed by atoms with Crippen molar-refractivity contribution >= 4 is 43.3 Å². The Morgan fingerprint density at radius 3 is 2.50 bits per heavy atom. The molecule has 0 spiro atoms. The highest BCUT2D eigenvalue weighted by Gasteiger charge is 2.52. The van der Waals surface area contributed by atoms with E-state index in [1.165, 1.54) is 25.3 Å². The number of amides is 1. The summed E-state index contributed by atoms with van der Waals surface area (Å²) in [6.07, 6.45) is 6.30. The lowest BCUT2D eigenvalue weighted by molar-refractivity contribution is -0.150. The standard InChI is InChI=1S/C26H35N3O7S2/c1-26(2,3)10-11-29(24-18-8-7-17(13-18)23(24)25(31)36-4)22(30)14-21-27-19-9-6-16(15-37(5,32)33)12-20(19)38(34,35)28-21/h6-9,12,17-18,23-24H,10-11,13-15H2,1-5H3,(H,27,28). The van der Waals surface area contributed by atoms with E-state index in [1.54, 1.807) is 4.90 Å². The second-order valence-corrected chi connectivity index (χ2v) is 15.3. The van der Waals surface area contributed by atoms with Gasteiger partial charge in [0.25, 0.3) is 10.0 Å². The molecule has 1 aromatic rings. The van der Waals surface area contributed by atoms with Crippen LogP contribution in [0.15, 0.2) is 39.6 Å². The van der Waals surface area contributed by atoms with Gasteiger partial charge in [-0.05, 0) is 47.8 Å². The minimum Gasteiger partial charge on any atom is -0.469 e. The second-order valence-electron chi connectivity index (χ2n) is 11.6. The van der Waals surface area contributed by atoms with Crippen LogP contribution in [0.3, 0.4) is 0 Å². The van der Waals surface area contributed by atoms with Crippen LogP contribution < -0.4 is 5.32 Å². The molecule has 1 amide bonds. The SMILES string of the molecule is COC(=O)C1C2C=CC(C2)C1N(CCC(C)(C)C)C(=O)CC1=NS(=O)(=O)c2cc(CS(C)(=O)=O)ccc2N1. The Morgan fingerprint density at radius 2 is 1.87 bits per heavy atom. The van der Waals surface area contributed by atoms with Gasteiger partial charge in [-0.2, -0.15) is 8.42 Å². The maximum Gasteiger partial charge on any atom is 0.311 e. The Balaban J connectivity index is 1.61. The third-order valence-electron chi connectivity index (χ3n) is 7.25. The Bertz CT molecular complexity index is 1410. The minimum atomic E-state index is -4.16. The molecule has 1 aliphatic heterocycles. The van der Waals surface area contributed by atoms with Crippen LogP contribution in [0.5, 0.6) is 0 Å². The van der Waals surface area contributed by atoms with E-state index in [1.807, 2.05) is 6.08 Å². The molecular formula is C26H35N3O7S2. The molecule has 4 rings (SSSR count). The van der Waals surface area contributed by atoms with Crippen LogP contribution in [0, 0.1) is 23.2 Å². The molecule has 2 bridgehead atoms. The lowest BCUT2D eigenvalue weighted by Crippen LogP contribution is -2.50. The molecule has 1 fully saturated rings. The van der Waals surface area contributed by atoms with Gasteiger partial charge in [0.05, 0.1) is 36.9 Å². The first kappa shape index (κ1) is 28.3. The molecular weight excluding hydrogens is 530 g/mol. The first-order valence-corrected chi connectivity index (χ1v) is 16.1. The molecule has 4 unspecified atom stereocenters. The number of anilines is 1. The predicted octanol–water partition coefficient (Wildman–Crippen LogP) is 2.76. The molecule has 1 aromatic carbocycles. The third kappa shape index (κ3) is 6.12. The number of fused-ring (bicyclic) bond motifs is 3. The molecule has 38 heavy (non-hydrogen) atoms. The number of esters is 1. The molecule has 4 atom stereocenters. The summed E-state index contributed by atoms with van der Waals surface area (Å²) in [5.74, 6) is -1.45. The monoisotopic (exact) mass is 565 g/mol. The van der Waals surface area contributed by atoms with E-state index < -0.39 is 25.8 Å². The summed E-state index contributed by atoms with van der Waals surface area (Å²) in [7, 11) is -6.17. The Morgan fingerprint density at radius 1 is 1.18 bits per heavy atom. The number of hydrogen-bond donors (Lipinski definition) is 1. The summed E-state index contributed by atoms with van der Waals surface area (Å²) in [6, 6.07) is 3.93. The zero-order valence-corrected chi connectivity index (χ0v) is 23.9. The summed E-state index contributed by atoms with van der Waals surface area (Å²) < 4.78 is 58.2. The number of benzene rings is 1. The quantitative estimate of drug-likeness (QED) is 0.375. The van der Waals surface area contributed by atoms with Crippen LogP contribution in [-0.4, -0.2) is 65.4 Å². The van der Waals surface area contributed by atoms with Gasteiger partial charge >= 0.3 is 5.97 Å². The molecule has 0 aromatic heterocycles. The van der Waals surface area contributed by atoms with Gasteiger partial charge in [-0.3, -0.25) is 9.59 Å². The lowest BCUT2D eigenvalue weighted by Gasteiger charge is -2.38. The van der Waals surface area contributed by atoms with Crippen LogP contribution in [0.1, 0.15) is 45.6 Å². The summed E-state index contributed by atoms with van der Waals surface area (Å²) in [6.45, 7) is 6.62. The fraction of sp³-hybridized carbons (Fsp3) is 0.577. The van der Waals surface area contributed by atoms with E-state index in [-0.39, 0.29) is 63.8 Å². The summed E-state index contributed by atoms with van der Waals surface area (Å²) in [5, 5.41) is 2.94. The number of methoxy groups -OCH3 is 1. The third-order valence-corrected chi connectivity index (χ3v) is 9.47. The Hall–Kier alpha value is -2.73. The Labute approximate surface area is 224 Å². The maximum absolute atomic E-state index is 13.7. The largest absolute Gasteiger partial charge is 0.469 e. The molecule has 208 valence electrons. The smallest absolute Gasteiger partial charge is 0.311 e. The van der Waals surface area contributed by atoms with Gasteiger partial charge in [-0.25, -0.2) is 8.42 Å². The average Bonchev–Trinajstić information content (AvgIpc) is 3.39. The number of nitrogens with one attached hydrogen (secondary N) is 1. The zero-order chi connectivity index (χ0) is 28.0. The lowest BCUT2D eigenvalue weighted by atomic mass is 9.86.